The first-order valence-electron chi connectivity index (χ1n) is 6.17. The van der Waals surface area contributed by atoms with Crippen LogP contribution >= 0.6 is 0 Å². The Kier molecular flexibility index (Phi) is 7.02. The number of carbonyl (C=O) groups excluding carboxylic acids is 2. The van der Waals surface area contributed by atoms with Crippen molar-refractivity contribution >= 4 is 11.7 Å². The minimum Gasteiger partial charge on any atom is -0.370 e. The van der Waals surface area contributed by atoms with Crippen molar-refractivity contribution in [2.75, 3.05) is 0 Å². The first kappa shape index (κ1) is 15.1. The van der Waals surface area contributed by atoms with E-state index in [0.717, 1.165) is 12.8 Å². The van der Waals surface area contributed by atoms with Gasteiger partial charge >= 0.3 is 0 Å². The summed E-state index contributed by atoms with van der Waals surface area (Å²) >= 11 is 0. The van der Waals surface area contributed by atoms with Crippen molar-refractivity contribution in [2.45, 2.75) is 65.7 Å². The van der Waals surface area contributed by atoms with E-state index in [1.54, 1.807) is 0 Å². The number of ketones is 1. The zero-order valence-corrected chi connectivity index (χ0v) is 10.8. The van der Waals surface area contributed by atoms with Gasteiger partial charge in [-0.15, -0.1) is 0 Å². The van der Waals surface area contributed by atoms with E-state index in [0.29, 0.717) is 12.8 Å². The lowest BCUT2D eigenvalue weighted by Crippen LogP contribution is -2.25. The molecule has 0 saturated carbocycles. The molecule has 0 aliphatic carbocycles. The number of unbranched alkanes of at least 4 members (excludes halogenated alkanes) is 3. The molecule has 0 radical (unpaired) electrons. The van der Waals surface area contributed by atoms with Crippen LogP contribution in [-0.2, 0) is 9.59 Å². The van der Waals surface area contributed by atoms with E-state index in [1.165, 1.54) is 12.8 Å². The lowest BCUT2D eigenvalue weighted by atomic mass is 9.83. The maximum Gasteiger partial charge on any atom is 0.217 e. The van der Waals surface area contributed by atoms with E-state index in [2.05, 4.69) is 6.92 Å². The summed E-state index contributed by atoms with van der Waals surface area (Å²) in [6.07, 6.45) is 5.86. The van der Waals surface area contributed by atoms with Crippen molar-refractivity contribution in [3.05, 3.63) is 0 Å². The van der Waals surface area contributed by atoms with Gasteiger partial charge in [-0.05, 0) is 11.8 Å². The lowest BCUT2D eigenvalue weighted by molar-refractivity contribution is -0.123. The van der Waals surface area contributed by atoms with Gasteiger partial charge < -0.3 is 5.73 Å². The lowest BCUT2D eigenvalue weighted by Gasteiger charge is -2.21. The Morgan fingerprint density at radius 3 is 2.19 bits per heavy atom. The molecule has 16 heavy (non-hydrogen) atoms. The average molecular weight is 227 g/mol. The molecule has 0 saturated heterocycles. The summed E-state index contributed by atoms with van der Waals surface area (Å²) in [6, 6.07) is 0. The first-order valence-corrected chi connectivity index (χ1v) is 6.17. The molecule has 1 amide bonds. The zero-order valence-electron chi connectivity index (χ0n) is 10.8. The molecule has 0 aromatic rings. The fourth-order valence-electron chi connectivity index (χ4n) is 1.91. The smallest absolute Gasteiger partial charge is 0.217 e. The van der Waals surface area contributed by atoms with Crippen molar-refractivity contribution in [1.82, 2.24) is 0 Å². The number of hydrogen-bond donors (Lipinski definition) is 1. The fraction of sp³-hybridized carbons (Fsp3) is 0.846. The fourth-order valence-corrected chi connectivity index (χ4v) is 1.91. The molecule has 3 heteroatoms. The molecule has 0 unspecified atom stereocenters. The number of carbonyl (C=O) groups is 2. The molecule has 94 valence electrons. The minimum atomic E-state index is -0.330. The van der Waals surface area contributed by atoms with Gasteiger partial charge in [-0.3, -0.25) is 9.59 Å². The van der Waals surface area contributed by atoms with E-state index in [9.17, 15) is 9.59 Å². The van der Waals surface area contributed by atoms with Crippen LogP contribution in [0.25, 0.3) is 0 Å². The second-order valence-corrected chi connectivity index (χ2v) is 5.33. The van der Waals surface area contributed by atoms with Crippen LogP contribution in [0.4, 0.5) is 0 Å². The predicted octanol–water partition coefficient (Wildman–Crippen LogP) is 2.82. The molecule has 0 spiro atoms. The normalized spacial score (nSPS) is 11.4. The summed E-state index contributed by atoms with van der Waals surface area (Å²) in [7, 11) is 0. The van der Waals surface area contributed by atoms with Crippen molar-refractivity contribution in [3.63, 3.8) is 0 Å². The quantitative estimate of drug-likeness (QED) is 0.616. The Morgan fingerprint density at radius 2 is 1.69 bits per heavy atom. The van der Waals surface area contributed by atoms with Gasteiger partial charge in [0.05, 0.1) is 0 Å². The van der Waals surface area contributed by atoms with Gasteiger partial charge in [0.25, 0.3) is 0 Å². The van der Waals surface area contributed by atoms with E-state index in [1.807, 2.05) is 13.8 Å². The van der Waals surface area contributed by atoms with E-state index >= 15 is 0 Å². The molecule has 0 aliphatic rings. The zero-order chi connectivity index (χ0) is 12.6. The highest BCUT2D eigenvalue weighted by molar-refractivity contribution is 5.80. The highest BCUT2D eigenvalue weighted by atomic mass is 16.1. The standard InChI is InChI=1S/C13H25NO2/c1-4-5-6-7-8-11(15)9-13(2,3)10-12(14)16/h4-10H2,1-3H3,(H2,14,16). The van der Waals surface area contributed by atoms with Crippen LogP contribution in [0.2, 0.25) is 0 Å². The topological polar surface area (TPSA) is 60.2 Å². The molecule has 0 aromatic heterocycles. The third kappa shape index (κ3) is 8.45. The van der Waals surface area contributed by atoms with Crippen molar-refractivity contribution in [2.24, 2.45) is 11.1 Å². The molecule has 2 N–H and O–H groups in total. The third-order valence-electron chi connectivity index (χ3n) is 2.64. The summed E-state index contributed by atoms with van der Waals surface area (Å²) in [5, 5.41) is 0. The molecule has 0 rings (SSSR count). The van der Waals surface area contributed by atoms with Crippen LogP contribution in [0, 0.1) is 5.41 Å². The largest absolute Gasteiger partial charge is 0.370 e. The number of primary amides is 1. The molecule has 3 nitrogen and oxygen atoms in total. The molecular formula is C13H25NO2. The van der Waals surface area contributed by atoms with Gasteiger partial charge in [0, 0.05) is 19.3 Å². The molecule has 0 aliphatic heterocycles. The maximum absolute atomic E-state index is 11.7. The Hall–Kier alpha value is -0.860. The molecule has 0 atom stereocenters. The van der Waals surface area contributed by atoms with Crippen LogP contribution in [0.1, 0.15) is 65.7 Å². The molecule has 0 aromatic carbocycles. The van der Waals surface area contributed by atoms with Gasteiger partial charge in [0.1, 0.15) is 5.78 Å². The summed E-state index contributed by atoms with van der Waals surface area (Å²) in [4.78, 5) is 22.5. The highest BCUT2D eigenvalue weighted by Crippen LogP contribution is 2.25. The number of Topliss-reactive ketones (excluding diaryl/α,β-unsaturated/α-hetero) is 1. The van der Waals surface area contributed by atoms with Crippen molar-refractivity contribution in [3.8, 4) is 0 Å². The summed E-state index contributed by atoms with van der Waals surface area (Å²) in [6.45, 7) is 5.99. The molecule has 0 heterocycles. The van der Waals surface area contributed by atoms with Crippen LogP contribution in [0.5, 0.6) is 0 Å². The Bertz CT molecular complexity index is 234. The Morgan fingerprint density at radius 1 is 1.06 bits per heavy atom. The van der Waals surface area contributed by atoms with E-state index in [-0.39, 0.29) is 23.5 Å². The van der Waals surface area contributed by atoms with Crippen LogP contribution in [0.3, 0.4) is 0 Å². The molecule has 0 bridgehead atoms. The van der Waals surface area contributed by atoms with Gasteiger partial charge in [-0.2, -0.15) is 0 Å². The van der Waals surface area contributed by atoms with E-state index < -0.39 is 0 Å². The SMILES string of the molecule is CCCCCCC(=O)CC(C)(C)CC(N)=O. The van der Waals surface area contributed by atoms with Crippen LogP contribution < -0.4 is 5.73 Å². The van der Waals surface area contributed by atoms with Crippen LogP contribution in [0.15, 0.2) is 0 Å². The summed E-state index contributed by atoms with van der Waals surface area (Å²) in [5.41, 5.74) is 4.86. The Balaban J connectivity index is 3.80. The van der Waals surface area contributed by atoms with Gasteiger partial charge in [0.15, 0.2) is 0 Å². The van der Waals surface area contributed by atoms with Gasteiger partial charge in [-0.1, -0.05) is 40.0 Å². The minimum absolute atomic E-state index is 0.252. The van der Waals surface area contributed by atoms with Crippen LogP contribution in [-0.4, -0.2) is 11.7 Å². The van der Waals surface area contributed by atoms with Gasteiger partial charge in [-0.25, -0.2) is 0 Å². The third-order valence-corrected chi connectivity index (χ3v) is 2.64. The van der Waals surface area contributed by atoms with E-state index in [4.69, 9.17) is 5.73 Å². The van der Waals surface area contributed by atoms with Crippen molar-refractivity contribution in [1.29, 1.82) is 0 Å². The monoisotopic (exact) mass is 227 g/mol. The number of amides is 1. The second-order valence-electron chi connectivity index (χ2n) is 5.33. The highest BCUT2D eigenvalue weighted by Gasteiger charge is 2.23. The Labute approximate surface area is 98.8 Å². The number of rotatable bonds is 9. The summed E-state index contributed by atoms with van der Waals surface area (Å²) < 4.78 is 0. The first-order chi connectivity index (χ1) is 7.37. The maximum atomic E-state index is 11.7. The second kappa shape index (κ2) is 7.42. The average Bonchev–Trinajstić information content (AvgIpc) is 2.09. The number of hydrogen-bond acceptors (Lipinski definition) is 2. The summed E-state index contributed by atoms with van der Waals surface area (Å²) in [5.74, 6) is -0.0777. The van der Waals surface area contributed by atoms with Crippen molar-refractivity contribution < 1.29 is 9.59 Å². The molecular weight excluding hydrogens is 202 g/mol. The molecule has 0 fully saturated rings. The van der Waals surface area contributed by atoms with Gasteiger partial charge in [0.2, 0.25) is 5.91 Å². The number of nitrogens with two attached hydrogens (primary N) is 1. The predicted molar refractivity (Wildman–Crippen MR) is 66.0 cm³/mol.